The van der Waals surface area contributed by atoms with Gasteiger partial charge in [0.15, 0.2) is 6.10 Å². The molecule has 0 aliphatic rings. The molecule has 0 aliphatic heterocycles. The topological polar surface area (TPSA) is 78.9 Å². The summed E-state index contributed by atoms with van der Waals surface area (Å²) in [6.45, 7) is 6.67. The molecule has 0 N–H and O–H groups in total. The van der Waals surface area contributed by atoms with E-state index in [4.69, 9.17) is 14.2 Å². The average Bonchev–Trinajstić information content (AvgIpc) is 3.43. The van der Waals surface area contributed by atoms with Crippen LogP contribution in [0, 0.1) is 0 Å². The molecule has 0 spiro atoms. The number of hydrogen-bond acceptors (Lipinski definition) is 6. The number of ether oxygens (including phenoxy) is 3. The van der Waals surface area contributed by atoms with Gasteiger partial charge in [-0.05, 0) is 83.5 Å². The van der Waals surface area contributed by atoms with E-state index in [-0.39, 0.29) is 31.1 Å². The third kappa shape index (κ3) is 64.1. The standard InChI is InChI=1S/C71H130O6/c1-4-7-10-13-16-19-22-25-27-29-30-31-32-33-34-35-36-37-38-39-40-41-42-43-45-46-49-52-55-58-61-64-70(73)76-67-68(66-75-69(72)63-60-57-54-51-48-24-21-18-15-12-9-6-3)77-71(74)65-62-59-56-53-50-47-44-28-26-23-20-17-14-11-8-5-2/h22,25,28-30,32-33,44,68H,4-21,23-24,26-27,31,34-43,45-67H2,1-3H3/b25-22-,30-29-,33-32-,44-28-. The second kappa shape index (κ2) is 65.9. The Morgan fingerprint density at radius 2 is 0.468 bits per heavy atom. The number of esters is 3. The quantitative estimate of drug-likeness (QED) is 0.0261. The van der Waals surface area contributed by atoms with Crippen LogP contribution in [-0.2, 0) is 28.6 Å². The van der Waals surface area contributed by atoms with E-state index in [0.29, 0.717) is 19.3 Å². The zero-order valence-electron chi connectivity index (χ0n) is 51.7. The minimum Gasteiger partial charge on any atom is -0.462 e. The summed E-state index contributed by atoms with van der Waals surface area (Å²) < 4.78 is 16.9. The number of rotatable bonds is 63. The molecule has 0 rings (SSSR count). The SMILES string of the molecule is CCCCCCC/C=C\C/C=C\C/C=C\CCCCCCCCCCCCCCCCCCC(=O)OCC(COC(=O)CCCCCCCCCCCCCC)OC(=O)CCCCCCC/C=C\CCCCCCCCC. The van der Waals surface area contributed by atoms with E-state index in [9.17, 15) is 14.4 Å². The van der Waals surface area contributed by atoms with E-state index < -0.39 is 6.10 Å². The summed E-state index contributed by atoms with van der Waals surface area (Å²) in [5.74, 6) is -0.857. The normalized spacial score (nSPS) is 12.3. The molecule has 1 atom stereocenters. The minimum absolute atomic E-state index is 0.0713. The zero-order chi connectivity index (χ0) is 55.7. The van der Waals surface area contributed by atoms with Crippen LogP contribution in [0.15, 0.2) is 48.6 Å². The largest absolute Gasteiger partial charge is 0.462 e. The molecule has 6 heteroatoms. The lowest BCUT2D eigenvalue weighted by atomic mass is 10.0. The van der Waals surface area contributed by atoms with Crippen LogP contribution in [0.3, 0.4) is 0 Å². The van der Waals surface area contributed by atoms with E-state index in [0.717, 1.165) is 77.0 Å². The summed E-state index contributed by atoms with van der Waals surface area (Å²) in [6, 6.07) is 0. The van der Waals surface area contributed by atoms with Gasteiger partial charge in [-0.25, -0.2) is 0 Å². The summed E-state index contributed by atoms with van der Waals surface area (Å²) in [5, 5.41) is 0. The van der Waals surface area contributed by atoms with Gasteiger partial charge in [0, 0.05) is 19.3 Å². The van der Waals surface area contributed by atoms with Gasteiger partial charge in [0.25, 0.3) is 0 Å². The lowest BCUT2D eigenvalue weighted by Gasteiger charge is -2.18. The number of carbonyl (C=O) groups excluding carboxylic acids is 3. The van der Waals surface area contributed by atoms with Gasteiger partial charge >= 0.3 is 17.9 Å². The van der Waals surface area contributed by atoms with Crippen LogP contribution in [0.4, 0.5) is 0 Å². The van der Waals surface area contributed by atoms with Crippen molar-refractivity contribution in [3.05, 3.63) is 48.6 Å². The third-order valence-electron chi connectivity index (χ3n) is 15.3. The Kier molecular flexibility index (Phi) is 63.6. The van der Waals surface area contributed by atoms with Gasteiger partial charge < -0.3 is 14.2 Å². The molecule has 0 aromatic carbocycles. The fourth-order valence-electron chi connectivity index (χ4n) is 10.2. The second-order valence-corrected chi connectivity index (χ2v) is 23.1. The highest BCUT2D eigenvalue weighted by molar-refractivity contribution is 5.71. The molecule has 1 unspecified atom stereocenters. The molecule has 450 valence electrons. The highest BCUT2D eigenvalue weighted by atomic mass is 16.6. The highest BCUT2D eigenvalue weighted by Gasteiger charge is 2.19. The Balaban J connectivity index is 4.15. The summed E-state index contributed by atoms with van der Waals surface area (Å²) in [4.78, 5) is 38.3. The van der Waals surface area contributed by atoms with E-state index >= 15 is 0 Å². The van der Waals surface area contributed by atoms with Crippen molar-refractivity contribution in [2.24, 2.45) is 0 Å². The van der Waals surface area contributed by atoms with Crippen molar-refractivity contribution >= 4 is 17.9 Å². The Bertz CT molecular complexity index is 1330. The predicted molar refractivity (Wildman–Crippen MR) is 335 cm³/mol. The van der Waals surface area contributed by atoms with Gasteiger partial charge in [0.2, 0.25) is 0 Å². The molecule has 0 aromatic heterocycles. The molecular weight excluding hydrogens is 949 g/mol. The predicted octanol–water partition coefficient (Wildman–Crippen LogP) is 23.3. The van der Waals surface area contributed by atoms with Crippen LogP contribution in [-0.4, -0.2) is 37.2 Å². The number of carbonyl (C=O) groups is 3. The van der Waals surface area contributed by atoms with Crippen LogP contribution in [0.5, 0.6) is 0 Å². The second-order valence-electron chi connectivity index (χ2n) is 23.1. The Labute approximate surface area is 479 Å². The van der Waals surface area contributed by atoms with Crippen molar-refractivity contribution in [2.45, 2.75) is 374 Å². The molecule has 0 fully saturated rings. The van der Waals surface area contributed by atoms with Crippen molar-refractivity contribution in [2.75, 3.05) is 13.2 Å². The first-order valence-electron chi connectivity index (χ1n) is 34.1. The molecule has 6 nitrogen and oxygen atoms in total. The molecule has 0 saturated heterocycles. The van der Waals surface area contributed by atoms with E-state index in [1.165, 1.54) is 250 Å². The van der Waals surface area contributed by atoms with Gasteiger partial charge in [0.1, 0.15) is 13.2 Å². The Morgan fingerprint density at radius 3 is 0.740 bits per heavy atom. The molecule has 0 aromatic rings. The first kappa shape index (κ1) is 74.4. The van der Waals surface area contributed by atoms with Crippen LogP contribution < -0.4 is 0 Å². The maximum atomic E-state index is 12.9. The summed E-state index contributed by atoms with van der Waals surface area (Å²) in [5.41, 5.74) is 0. The molecule has 0 amide bonds. The van der Waals surface area contributed by atoms with Gasteiger partial charge in [-0.1, -0.05) is 313 Å². The maximum absolute atomic E-state index is 12.9. The first-order chi connectivity index (χ1) is 38.0. The van der Waals surface area contributed by atoms with Crippen LogP contribution in [0.1, 0.15) is 367 Å². The van der Waals surface area contributed by atoms with E-state index in [1.807, 2.05) is 0 Å². The van der Waals surface area contributed by atoms with Crippen LogP contribution in [0.25, 0.3) is 0 Å². The lowest BCUT2D eigenvalue weighted by Crippen LogP contribution is -2.30. The molecule has 0 radical (unpaired) electrons. The lowest BCUT2D eigenvalue weighted by molar-refractivity contribution is -0.167. The van der Waals surface area contributed by atoms with E-state index in [2.05, 4.69) is 69.4 Å². The molecule has 77 heavy (non-hydrogen) atoms. The van der Waals surface area contributed by atoms with Crippen molar-refractivity contribution in [3.8, 4) is 0 Å². The number of hydrogen-bond donors (Lipinski definition) is 0. The fourth-order valence-corrected chi connectivity index (χ4v) is 10.2. The number of unbranched alkanes of at least 4 members (excludes halogenated alkanes) is 44. The monoisotopic (exact) mass is 1080 g/mol. The zero-order valence-corrected chi connectivity index (χ0v) is 51.7. The first-order valence-corrected chi connectivity index (χ1v) is 34.1. The number of allylic oxidation sites excluding steroid dienone is 8. The Morgan fingerprint density at radius 1 is 0.260 bits per heavy atom. The summed E-state index contributed by atoms with van der Waals surface area (Å²) in [7, 11) is 0. The van der Waals surface area contributed by atoms with E-state index in [1.54, 1.807) is 0 Å². The maximum Gasteiger partial charge on any atom is 0.306 e. The molecule has 0 heterocycles. The minimum atomic E-state index is -0.774. The third-order valence-corrected chi connectivity index (χ3v) is 15.3. The summed E-state index contributed by atoms with van der Waals surface area (Å²) >= 11 is 0. The van der Waals surface area contributed by atoms with Crippen molar-refractivity contribution in [3.63, 3.8) is 0 Å². The Hall–Kier alpha value is -2.63. The van der Waals surface area contributed by atoms with Crippen molar-refractivity contribution in [1.29, 1.82) is 0 Å². The van der Waals surface area contributed by atoms with Gasteiger partial charge in [-0.3, -0.25) is 14.4 Å². The van der Waals surface area contributed by atoms with Crippen molar-refractivity contribution in [1.82, 2.24) is 0 Å². The molecular formula is C71H130O6. The van der Waals surface area contributed by atoms with Gasteiger partial charge in [-0.15, -0.1) is 0 Å². The summed E-state index contributed by atoms with van der Waals surface area (Å²) in [6.07, 6.45) is 82.8. The van der Waals surface area contributed by atoms with Crippen LogP contribution in [0.2, 0.25) is 0 Å². The average molecular weight is 1080 g/mol. The highest BCUT2D eigenvalue weighted by Crippen LogP contribution is 2.18. The van der Waals surface area contributed by atoms with Gasteiger partial charge in [0.05, 0.1) is 0 Å². The molecule has 0 aliphatic carbocycles. The molecule has 0 saturated carbocycles. The molecule has 0 bridgehead atoms. The smallest absolute Gasteiger partial charge is 0.306 e. The van der Waals surface area contributed by atoms with Crippen molar-refractivity contribution < 1.29 is 28.6 Å². The van der Waals surface area contributed by atoms with Crippen LogP contribution >= 0.6 is 0 Å². The fraction of sp³-hybridized carbons (Fsp3) is 0.845. The van der Waals surface area contributed by atoms with Gasteiger partial charge in [-0.2, -0.15) is 0 Å².